The molecule has 0 aliphatic heterocycles. The quantitative estimate of drug-likeness (QED) is 0.189. The summed E-state index contributed by atoms with van der Waals surface area (Å²) in [7, 11) is -3.52. The largest absolute Gasteiger partial charge is 0.378 e. The van der Waals surface area contributed by atoms with Gasteiger partial charge < -0.3 is 16.4 Å². The smallest absolute Gasteiger partial charge is 0.293 e. The lowest BCUT2D eigenvalue weighted by Crippen LogP contribution is -2.35. The van der Waals surface area contributed by atoms with E-state index in [1.165, 1.54) is 17.7 Å². The number of benzene rings is 2. The van der Waals surface area contributed by atoms with Crippen LogP contribution in [-0.2, 0) is 16.3 Å². The minimum atomic E-state index is -3.52. The maximum Gasteiger partial charge on any atom is 0.293 e. The van der Waals surface area contributed by atoms with E-state index < -0.39 is 14.8 Å². The highest BCUT2D eigenvalue weighted by atomic mass is 32.2. The summed E-state index contributed by atoms with van der Waals surface area (Å²) in [5, 5.41) is 17.0. The van der Waals surface area contributed by atoms with E-state index in [0.29, 0.717) is 25.6 Å². The van der Waals surface area contributed by atoms with Crippen LogP contribution < -0.4 is 16.4 Å². The van der Waals surface area contributed by atoms with E-state index >= 15 is 0 Å². The molecule has 28 heavy (non-hydrogen) atoms. The molecule has 0 bridgehead atoms. The summed E-state index contributed by atoms with van der Waals surface area (Å²) < 4.78 is 23.1. The standard InChI is InChI=1S/C18H23N5O4S/c1-28(26,27)15-7-8-16(17(13-15)23(24)25)20-11-12-22-18(19)21-10-9-14-5-3-2-4-6-14/h2-8,13,20H,9-12H2,1H3,(H3,19,21,22). The first kappa shape index (κ1) is 21.2. The fourth-order valence-electron chi connectivity index (χ4n) is 2.44. The summed E-state index contributed by atoms with van der Waals surface area (Å²) >= 11 is 0. The number of aliphatic imine (C=N–C) groups is 1. The number of hydrogen-bond donors (Lipinski definition) is 3. The van der Waals surface area contributed by atoms with Crippen molar-refractivity contribution in [2.45, 2.75) is 11.3 Å². The van der Waals surface area contributed by atoms with Crippen LogP contribution in [0.2, 0.25) is 0 Å². The van der Waals surface area contributed by atoms with Crippen molar-refractivity contribution in [3.8, 4) is 0 Å². The molecule has 0 amide bonds. The Morgan fingerprint density at radius 1 is 1.18 bits per heavy atom. The third-order valence-electron chi connectivity index (χ3n) is 3.87. The van der Waals surface area contributed by atoms with Gasteiger partial charge in [0.05, 0.1) is 9.82 Å². The fourth-order valence-corrected chi connectivity index (χ4v) is 3.08. The number of nitrogens with zero attached hydrogens (tertiary/aromatic N) is 2. The zero-order valence-corrected chi connectivity index (χ0v) is 16.3. The van der Waals surface area contributed by atoms with Gasteiger partial charge in [-0.25, -0.2) is 8.42 Å². The van der Waals surface area contributed by atoms with Crippen LogP contribution in [0.3, 0.4) is 0 Å². The van der Waals surface area contributed by atoms with Crippen LogP contribution in [0.25, 0.3) is 0 Å². The molecule has 0 saturated heterocycles. The van der Waals surface area contributed by atoms with Crippen LogP contribution >= 0.6 is 0 Å². The number of rotatable bonds is 9. The van der Waals surface area contributed by atoms with E-state index in [0.717, 1.165) is 18.7 Å². The van der Waals surface area contributed by atoms with Crippen molar-refractivity contribution in [2.24, 2.45) is 10.7 Å². The summed E-state index contributed by atoms with van der Waals surface area (Å²) in [5.74, 6) is 0.291. The lowest BCUT2D eigenvalue weighted by molar-refractivity contribution is -0.384. The Hall–Kier alpha value is -3.14. The van der Waals surface area contributed by atoms with Gasteiger partial charge in [0.1, 0.15) is 5.69 Å². The van der Waals surface area contributed by atoms with Gasteiger partial charge in [0.2, 0.25) is 0 Å². The molecule has 150 valence electrons. The van der Waals surface area contributed by atoms with E-state index in [1.807, 2.05) is 30.3 Å². The van der Waals surface area contributed by atoms with Crippen molar-refractivity contribution in [3.05, 3.63) is 64.2 Å². The number of anilines is 1. The molecule has 2 rings (SSSR count). The highest BCUT2D eigenvalue weighted by molar-refractivity contribution is 7.90. The molecule has 0 saturated carbocycles. The van der Waals surface area contributed by atoms with Gasteiger partial charge in [-0.15, -0.1) is 0 Å². The van der Waals surface area contributed by atoms with Crippen LogP contribution in [0.5, 0.6) is 0 Å². The van der Waals surface area contributed by atoms with Crippen molar-refractivity contribution in [1.82, 2.24) is 5.32 Å². The van der Waals surface area contributed by atoms with Crippen LogP contribution in [0.1, 0.15) is 5.56 Å². The molecule has 0 aliphatic carbocycles. The average molecular weight is 405 g/mol. The van der Waals surface area contributed by atoms with Gasteiger partial charge in [-0.05, 0) is 24.1 Å². The Balaban J connectivity index is 1.84. The minimum absolute atomic E-state index is 0.0994. The van der Waals surface area contributed by atoms with Gasteiger partial charge in [-0.1, -0.05) is 30.3 Å². The molecule has 0 spiro atoms. The number of guanidine groups is 1. The van der Waals surface area contributed by atoms with Crippen molar-refractivity contribution >= 4 is 27.2 Å². The zero-order valence-electron chi connectivity index (χ0n) is 15.5. The van der Waals surface area contributed by atoms with Gasteiger partial charge in [0.25, 0.3) is 5.69 Å². The van der Waals surface area contributed by atoms with Crippen LogP contribution in [0, 0.1) is 10.1 Å². The second-order valence-electron chi connectivity index (χ2n) is 6.06. The second-order valence-corrected chi connectivity index (χ2v) is 8.08. The Kier molecular flexibility index (Phi) is 7.33. The number of sulfone groups is 1. The number of nitrogens with two attached hydrogens (primary N) is 1. The molecule has 10 heteroatoms. The first-order valence-corrected chi connectivity index (χ1v) is 10.5. The normalized spacial score (nSPS) is 11.8. The van der Waals surface area contributed by atoms with Gasteiger partial charge >= 0.3 is 0 Å². The second kappa shape index (κ2) is 9.70. The van der Waals surface area contributed by atoms with Crippen molar-refractivity contribution in [1.29, 1.82) is 0 Å². The first-order valence-electron chi connectivity index (χ1n) is 8.57. The van der Waals surface area contributed by atoms with Gasteiger partial charge in [0, 0.05) is 32.0 Å². The summed E-state index contributed by atoms with van der Waals surface area (Å²) in [4.78, 5) is 14.7. The lowest BCUT2D eigenvalue weighted by atomic mass is 10.2. The number of nitrogens with one attached hydrogen (secondary N) is 2. The van der Waals surface area contributed by atoms with Crippen molar-refractivity contribution in [3.63, 3.8) is 0 Å². The zero-order chi connectivity index (χ0) is 20.6. The maximum absolute atomic E-state index is 11.6. The van der Waals surface area contributed by atoms with E-state index in [1.54, 1.807) is 0 Å². The average Bonchev–Trinajstić information content (AvgIpc) is 2.65. The predicted molar refractivity (Wildman–Crippen MR) is 109 cm³/mol. The highest BCUT2D eigenvalue weighted by Gasteiger charge is 2.18. The Morgan fingerprint density at radius 2 is 1.89 bits per heavy atom. The summed E-state index contributed by atoms with van der Waals surface area (Å²) in [5.41, 5.74) is 6.91. The SMILES string of the molecule is CS(=O)(=O)c1ccc(NCCNC(N)=NCCc2ccccc2)c([N+](=O)[O-])c1. The van der Waals surface area contributed by atoms with E-state index in [9.17, 15) is 18.5 Å². The van der Waals surface area contributed by atoms with E-state index in [4.69, 9.17) is 5.73 Å². The van der Waals surface area contributed by atoms with Crippen LogP contribution in [0.4, 0.5) is 11.4 Å². The van der Waals surface area contributed by atoms with Crippen molar-refractivity contribution in [2.75, 3.05) is 31.2 Å². The molecule has 0 radical (unpaired) electrons. The van der Waals surface area contributed by atoms with E-state index in [-0.39, 0.29) is 16.3 Å². The van der Waals surface area contributed by atoms with Gasteiger partial charge in [0.15, 0.2) is 15.8 Å². The number of nitro benzene ring substituents is 1. The molecule has 2 aromatic rings. The van der Waals surface area contributed by atoms with Gasteiger partial charge in [-0.3, -0.25) is 15.1 Å². The predicted octanol–water partition coefficient (Wildman–Crippen LogP) is 1.56. The highest BCUT2D eigenvalue weighted by Crippen LogP contribution is 2.27. The van der Waals surface area contributed by atoms with Crippen LogP contribution in [-0.4, -0.2) is 45.2 Å². The van der Waals surface area contributed by atoms with Gasteiger partial charge in [-0.2, -0.15) is 0 Å². The molecule has 2 aromatic carbocycles. The molecule has 9 nitrogen and oxygen atoms in total. The molecule has 0 atom stereocenters. The third kappa shape index (κ3) is 6.54. The Bertz CT molecular complexity index is 946. The fraction of sp³-hybridized carbons (Fsp3) is 0.278. The molecule has 0 aliphatic rings. The molecule has 0 fully saturated rings. The first-order chi connectivity index (χ1) is 13.3. The monoisotopic (exact) mass is 405 g/mol. The molecule has 0 unspecified atom stereocenters. The molecule has 4 N–H and O–H groups in total. The third-order valence-corrected chi connectivity index (χ3v) is 4.98. The molecule has 0 heterocycles. The Labute approximate surface area is 163 Å². The molecular weight excluding hydrogens is 382 g/mol. The molecular formula is C18H23N5O4S. The summed E-state index contributed by atoms with van der Waals surface area (Å²) in [6.45, 7) is 1.29. The minimum Gasteiger partial charge on any atom is -0.378 e. The summed E-state index contributed by atoms with van der Waals surface area (Å²) in [6, 6.07) is 13.7. The summed E-state index contributed by atoms with van der Waals surface area (Å²) in [6.07, 6.45) is 1.78. The lowest BCUT2D eigenvalue weighted by Gasteiger charge is -2.10. The number of nitro groups is 1. The Morgan fingerprint density at radius 3 is 2.54 bits per heavy atom. The molecule has 0 aromatic heterocycles. The topological polar surface area (TPSA) is 140 Å². The maximum atomic E-state index is 11.6. The number of hydrogen-bond acceptors (Lipinski definition) is 6. The van der Waals surface area contributed by atoms with E-state index in [2.05, 4.69) is 15.6 Å². The van der Waals surface area contributed by atoms with Crippen LogP contribution in [0.15, 0.2) is 58.4 Å². The van der Waals surface area contributed by atoms with Crippen molar-refractivity contribution < 1.29 is 13.3 Å².